The summed E-state index contributed by atoms with van der Waals surface area (Å²) in [5, 5.41) is 15.8. The van der Waals surface area contributed by atoms with Crippen molar-refractivity contribution in [1.29, 1.82) is 5.26 Å². The molecule has 0 bridgehead atoms. The third kappa shape index (κ3) is 5.10. The van der Waals surface area contributed by atoms with Crippen molar-refractivity contribution >= 4 is 34.9 Å². The molecule has 2 aliphatic heterocycles. The highest BCUT2D eigenvalue weighted by atomic mass is 16.2. The van der Waals surface area contributed by atoms with Crippen LogP contribution in [0.1, 0.15) is 67.4 Å². The summed E-state index contributed by atoms with van der Waals surface area (Å²) in [5.41, 5.74) is 1.40. The van der Waals surface area contributed by atoms with Gasteiger partial charge in [0.1, 0.15) is 24.1 Å². The van der Waals surface area contributed by atoms with Crippen molar-refractivity contribution in [2.24, 2.45) is 17.8 Å². The van der Waals surface area contributed by atoms with Gasteiger partial charge in [-0.2, -0.15) is 5.26 Å². The number of benzene rings is 1. The molecule has 0 radical (unpaired) electrons. The molecule has 2 aromatic rings. The number of nitriles is 1. The molecule has 194 valence electrons. The molecule has 1 aliphatic carbocycles. The Morgan fingerprint density at radius 3 is 2.70 bits per heavy atom. The Morgan fingerprint density at radius 1 is 1.19 bits per heavy atom. The van der Waals surface area contributed by atoms with Crippen molar-refractivity contribution in [1.82, 2.24) is 20.5 Å². The lowest BCUT2D eigenvalue weighted by Gasteiger charge is -2.27. The summed E-state index contributed by atoms with van der Waals surface area (Å²) in [6.07, 6.45) is 7.91. The number of carbonyl (C=O) groups is 4. The first-order valence-electron chi connectivity index (χ1n) is 13.3. The molecule has 5 rings (SSSR count). The van der Waals surface area contributed by atoms with Gasteiger partial charge in [-0.1, -0.05) is 44.2 Å². The van der Waals surface area contributed by atoms with Gasteiger partial charge in [0.05, 0.1) is 17.1 Å². The zero-order valence-electron chi connectivity index (χ0n) is 20.9. The van der Waals surface area contributed by atoms with Crippen molar-refractivity contribution in [2.75, 3.05) is 13.1 Å². The Balaban J connectivity index is 1.37. The van der Waals surface area contributed by atoms with E-state index >= 15 is 0 Å². The maximum atomic E-state index is 13.7. The van der Waals surface area contributed by atoms with Crippen molar-refractivity contribution in [3.63, 3.8) is 0 Å². The van der Waals surface area contributed by atoms with E-state index < -0.39 is 12.1 Å². The van der Waals surface area contributed by atoms with Crippen LogP contribution in [0.5, 0.6) is 0 Å². The van der Waals surface area contributed by atoms with E-state index in [9.17, 15) is 24.4 Å². The van der Waals surface area contributed by atoms with Gasteiger partial charge in [-0.05, 0) is 43.2 Å². The van der Waals surface area contributed by atoms with E-state index in [1.165, 1.54) is 19.3 Å². The lowest BCUT2D eigenvalue weighted by atomic mass is 9.79. The van der Waals surface area contributed by atoms with Crippen LogP contribution in [0.3, 0.4) is 0 Å². The molecule has 1 aromatic heterocycles. The molecule has 0 spiro atoms. The van der Waals surface area contributed by atoms with Crippen LogP contribution in [0.25, 0.3) is 10.9 Å². The van der Waals surface area contributed by atoms with Crippen LogP contribution in [0, 0.1) is 29.1 Å². The van der Waals surface area contributed by atoms with Gasteiger partial charge in [0.25, 0.3) is 5.91 Å². The molecule has 0 unspecified atom stereocenters. The number of rotatable bonds is 7. The number of amides is 3. The van der Waals surface area contributed by atoms with Gasteiger partial charge in [0.15, 0.2) is 0 Å². The van der Waals surface area contributed by atoms with Crippen LogP contribution in [0.4, 0.5) is 0 Å². The van der Waals surface area contributed by atoms with Gasteiger partial charge in [0.2, 0.25) is 11.8 Å². The quantitative estimate of drug-likeness (QED) is 0.499. The van der Waals surface area contributed by atoms with Gasteiger partial charge < -0.3 is 25.3 Å². The number of hydrogen-bond donors (Lipinski definition) is 3. The number of aldehydes is 1. The van der Waals surface area contributed by atoms with Crippen molar-refractivity contribution < 1.29 is 19.2 Å². The number of H-pyrrole nitrogens is 1. The van der Waals surface area contributed by atoms with Gasteiger partial charge in [0, 0.05) is 24.4 Å². The minimum absolute atomic E-state index is 0.0910. The van der Waals surface area contributed by atoms with E-state index in [1.54, 1.807) is 23.1 Å². The van der Waals surface area contributed by atoms with Crippen LogP contribution < -0.4 is 10.6 Å². The van der Waals surface area contributed by atoms with Gasteiger partial charge in [-0.15, -0.1) is 0 Å². The second-order valence-corrected chi connectivity index (χ2v) is 10.7. The molecule has 1 aromatic carbocycles. The summed E-state index contributed by atoms with van der Waals surface area (Å²) in [4.78, 5) is 55.8. The first-order chi connectivity index (χ1) is 18.0. The van der Waals surface area contributed by atoms with Crippen molar-refractivity contribution in [2.45, 2.75) is 63.5 Å². The lowest BCUT2D eigenvalue weighted by Crippen LogP contribution is -2.49. The van der Waals surface area contributed by atoms with Crippen LogP contribution in [-0.4, -0.2) is 59.1 Å². The predicted octanol–water partition coefficient (Wildman–Crippen LogP) is 2.66. The number of carbonyl (C=O) groups excluding carboxylic acids is 4. The number of likely N-dealkylation sites (tertiary alicyclic amines) is 1. The summed E-state index contributed by atoms with van der Waals surface area (Å²) in [6.45, 7) is 1.06. The van der Waals surface area contributed by atoms with E-state index in [2.05, 4.69) is 21.7 Å². The molecule has 3 aliphatic rings. The van der Waals surface area contributed by atoms with E-state index in [1.807, 2.05) is 6.07 Å². The van der Waals surface area contributed by atoms with Crippen LogP contribution in [0.15, 0.2) is 24.3 Å². The molecule has 37 heavy (non-hydrogen) atoms. The summed E-state index contributed by atoms with van der Waals surface area (Å²) >= 11 is 0. The SMILES string of the molecule is N#Cc1cccc2cc(C(=O)N3C[C@H](C4CCCCC4)C[C@H]3C(=O)N[C@H](C=O)C[C@@H]3CCNC3=O)[nH]c12. The third-order valence-corrected chi connectivity index (χ3v) is 8.41. The smallest absolute Gasteiger partial charge is 0.270 e. The zero-order chi connectivity index (χ0) is 25.9. The number of aromatic nitrogens is 1. The average molecular weight is 504 g/mol. The molecule has 4 atom stereocenters. The van der Waals surface area contributed by atoms with Crippen LogP contribution in [0.2, 0.25) is 0 Å². The molecule has 9 heteroatoms. The van der Waals surface area contributed by atoms with E-state index in [-0.39, 0.29) is 36.0 Å². The zero-order valence-corrected chi connectivity index (χ0v) is 20.9. The number of fused-ring (bicyclic) bond motifs is 1. The molecule has 3 N–H and O–H groups in total. The Bertz CT molecular complexity index is 1240. The van der Waals surface area contributed by atoms with E-state index in [4.69, 9.17) is 0 Å². The molecule has 3 heterocycles. The third-order valence-electron chi connectivity index (χ3n) is 8.41. The van der Waals surface area contributed by atoms with Crippen molar-refractivity contribution in [3.05, 3.63) is 35.5 Å². The largest absolute Gasteiger partial charge is 0.356 e. The topological polar surface area (TPSA) is 135 Å². The van der Waals surface area contributed by atoms with E-state index in [0.29, 0.717) is 54.9 Å². The molecule has 9 nitrogen and oxygen atoms in total. The number of para-hydroxylation sites is 1. The molecule has 3 fully saturated rings. The second-order valence-electron chi connectivity index (χ2n) is 10.7. The number of aromatic amines is 1. The Hall–Kier alpha value is -3.67. The standard InChI is InChI=1S/C28H33N5O4/c29-14-20-8-4-7-18-12-23(32-25(18)20)28(37)33-15-21(17-5-2-1-3-6-17)13-24(33)27(36)31-22(16-34)11-19-9-10-30-26(19)35/h4,7-8,12,16-17,19,21-22,24,32H,1-3,5-6,9-11,13,15H2,(H,30,35)(H,31,36)/t19-,21+,22-,24-/m0/s1. The van der Waals surface area contributed by atoms with Crippen LogP contribution in [-0.2, 0) is 14.4 Å². The number of hydrogen-bond acceptors (Lipinski definition) is 5. The summed E-state index contributed by atoms with van der Waals surface area (Å²) in [6, 6.07) is 7.72. The molecular weight excluding hydrogens is 470 g/mol. The fourth-order valence-corrected chi connectivity index (χ4v) is 6.41. The molecular formula is C28H33N5O4. The molecule has 2 saturated heterocycles. The average Bonchev–Trinajstić information content (AvgIpc) is 3.66. The monoisotopic (exact) mass is 503 g/mol. The highest BCUT2D eigenvalue weighted by molar-refractivity contribution is 6.01. The maximum Gasteiger partial charge on any atom is 0.270 e. The van der Waals surface area contributed by atoms with Crippen molar-refractivity contribution in [3.8, 4) is 6.07 Å². The lowest BCUT2D eigenvalue weighted by molar-refractivity contribution is -0.128. The van der Waals surface area contributed by atoms with Gasteiger partial charge in [-0.25, -0.2) is 0 Å². The fourth-order valence-electron chi connectivity index (χ4n) is 6.41. The first kappa shape index (κ1) is 25.0. The molecule has 1 saturated carbocycles. The number of nitrogens with zero attached hydrogens (tertiary/aromatic N) is 2. The minimum atomic E-state index is -0.779. The second kappa shape index (κ2) is 10.8. The van der Waals surface area contributed by atoms with Crippen LogP contribution >= 0.6 is 0 Å². The normalized spacial score (nSPS) is 25.0. The Morgan fingerprint density at radius 2 is 2.00 bits per heavy atom. The number of nitrogens with one attached hydrogen (secondary N) is 3. The maximum absolute atomic E-state index is 13.7. The summed E-state index contributed by atoms with van der Waals surface area (Å²) in [7, 11) is 0. The molecule has 3 amide bonds. The summed E-state index contributed by atoms with van der Waals surface area (Å²) < 4.78 is 0. The predicted molar refractivity (Wildman–Crippen MR) is 136 cm³/mol. The summed E-state index contributed by atoms with van der Waals surface area (Å²) in [5.74, 6) is -0.334. The van der Waals surface area contributed by atoms with Gasteiger partial charge >= 0.3 is 0 Å². The highest BCUT2D eigenvalue weighted by Crippen LogP contribution is 2.38. The Kier molecular flexibility index (Phi) is 7.26. The fraction of sp³-hybridized carbons (Fsp3) is 0.536. The Labute approximate surface area is 216 Å². The first-order valence-corrected chi connectivity index (χ1v) is 13.3. The minimum Gasteiger partial charge on any atom is -0.356 e. The highest BCUT2D eigenvalue weighted by Gasteiger charge is 2.43. The van der Waals surface area contributed by atoms with Gasteiger partial charge in [-0.3, -0.25) is 14.4 Å². The van der Waals surface area contributed by atoms with E-state index in [0.717, 1.165) is 18.2 Å².